The lowest BCUT2D eigenvalue weighted by atomic mass is 10.1. The average Bonchev–Trinajstić information content (AvgIpc) is 3.15. The molecule has 0 aliphatic heterocycles. The first kappa shape index (κ1) is 19.9. The number of nitriles is 1. The van der Waals surface area contributed by atoms with Gasteiger partial charge in [0.25, 0.3) is 6.20 Å². The van der Waals surface area contributed by atoms with E-state index in [1.165, 1.54) is 11.8 Å². The zero-order valence-corrected chi connectivity index (χ0v) is 16.8. The van der Waals surface area contributed by atoms with Gasteiger partial charge in [0, 0.05) is 10.6 Å². The topological polar surface area (TPSA) is 95.7 Å². The van der Waals surface area contributed by atoms with Crippen molar-refractivity contribution in [2.75, 3.05) is 11.1 Å². The summed E-state index contributed by atoms with van der Waals surface area (Å²) in [4.78, 5) is 16.7. The van der Waals surface area contributed by atoms with Crippen molar-refractivity contribution in [3.05, 3.63) is 53.2 Å². The summed E-state index contributed by atoms with van der Waals surface area (Å²) in [7, 11) is 0. The lowest BCUT2D eigenvalue weighted by Crippen LogP contribution is -2.36. The van der Waals surface area contributed by atoms with Gasteiger partial charge in [-0.3, -0.25) is 14.6 Å². The quantitative estimate of drug-likeness (QED) is 0.486. The number of nitrogens with zero attached hydrogens (tertiary/aromatic N) is 4. The van der Waals surface area contributed by atoms with E-state index in [4.69, 9.17) is 16.1 Å². The van der Waals surface area contributed by atoms with Gasteiger partial charge in [0.1, 0.15) is 11.1 Å². The van der Waals surface area contributed by atoms with E-state index in [-0.39, 0.29) is 23.6 Å². The molecule has 0 unspecified atom stereocenters. The van der Waals surface area contributed by atoms with Gasteiger partial charge in [-0.1, -0.05) is 35.5 Å². The molecule has 0 saturated carbocycles. The van der Waals surface area contributed by atoms with Crippen molar-refractivity contribution >= 4 is 35.2 Å². The fourth-order valence-electron chi connectivity index (χ4n) is 2.28. The van der Waals surface area contributed by atoms with Crippen LogP contribution in [0, 0.1) is 11.3 Å². The number of rotatable bonds is 6. The number of benzene rings is 1. The van der Waals surface area contributed by atoms with Gasteiger partial charge in [-0.25, -0.2) is 4.98 Å². The normalized spacial score (nSPS) is 10.7. The third-order valence-corrected chi connectivity index (χ3v) is 4.98. The Labute approximate surface area is 171 Å². The van der Waals surface area contributed by atoms with Crippen LogP contribution in [0.5, 0.6) is 0 Å². The Hall–Kier alpha value is -2.89. The molecule has 9 heteroatoms. The molecule has 2 aromatic heterocycles. The molecule has 142 valence electrons. The molecular weight excluding hydrogens is 398 g/mol. The molecule has 0 aliphatic rings. The summed E-state index contributed by atoms with van der Waals surface area (Å²) in [5.41, 5.74) is 1.99. The van der Waals surface area contributed by atoms with Gasteiger partial charge in [-0.2, -0.15) is 5.26 Å². The number of aromatic nitrogens is 3. The maximum Gasteiger partial charge on any atom is 0.302 e. The van der Waals surface area contributed by atoms with Crippen LogP contribution in [0.25, 0.3) is 11.3 Å². The summed E-state index contributed by atoms with van der Waals surface area (Å²) in [6, 6.07) is 13.0. The van der Waals surface area contributed by atoms with Crippen molar-refractivity contribution in [2.24, 2.45) is 0 Å². The zero-order valence-electron chi connectivity index (χ0n) is 15.2. The Kier molecular flexibility index (Phi) is 6.29. The molecule has 7 nitrogen and oxygen atoms in total. The Bertz CT molecular complexity index is 1030. The number of hydrogen-bond acceptors (Lipinski definition) is 6. The summed E-state index contributed by atoms with van der Waals surface area (Å²) in [6.45, 7) is 3.90. The largest absolute Gasteiger partial charge is 0.302 e. The second-order valence-corrected chi connectivity index (χ2v) is 7.55. The number of carbonyl (C=O) groups is 1. The van der Waals surface area contributed by atoms with Crippen molar-refractivity contribution in [1.29, 1.82) is 5.26 Å². The number of carbonyl (C=O) groups excluding carboxylic acids is 1. The molecule has 0 spiro atoms. The van der Waals surface area contributed by atoms with E-state index in [1.54, 1.807) is 35.1 Å². The van der Waals surface area contributed by atoms with Crippen LogP contribution in [0.2, 0.25) is 5.02 Å². The van der Waals surface area contributed by atoms with Gasteiger partial charge < -0.3 is 0 Å². The molecule has 0 radical (unpaired) electrons. The van der Waals surface area contributed by atoms with E-state index < -0.39 is 0 Å². The summed E-state index contributed by atoms with van der Waals surface area (Å²) in [6.07, 6.45) is 1.62. The molecule has 3 aromatic rings. The first-order valence-electron chi connectivity index (χ1n) is 8.44. The van der Waals surface area contributed by atoms with Crippen LogP contribution in [-0.4, -0.2) is 21.9 Å². The zero-order chi connectivity index (χ0) is 20.1. The fraction of sp³-hybridized carbons (Fsp3) is 0.211. The number of hydrogen-bond donors (Lipinski definition) is 1. The van der Waals surface area contributed by atoms with E-state index >= 15 is 0 Å². The maximum atomic E-state index is 12.2. The van der Waals surface area contributed by atoms with E-state index in [0.29, 0.717) is 21.3 Å². The first-order chi connectivity index (χ1) is 13.5. The fourth-order valence-corrected chi connectivity index (χ4v) is 3.18. The third-order valence-electron chi connectivity index (χ3n) is 3.74. The van der Waals surface area contributed by atoms with Gasteiger partial charge in [0.05, 0.1) is 17.0 Å². The highest BCUT2D eigenvalue weighted by molar-refractivity contribution is 8.00. The third kappa shape index (κ3) is 4.88. The van der Waals surface area contributed by atoms with Gasteiger partial charge in [0.2, 0.25) is 11.2 Å². The van der Waals surface area contributed by atoms with E-state index in [1.807, 2.05) is 26.0 Å². The van der Waals surface area contributed by atoms with Crippen molar-refractivity contribution < 1.29 is 14.0 Å². The standard InChI is InChI=1S/C19H16ClN5O2S/c1-12(2)25-10-18(27-24-25)23-17(26)11-28-19-14(9-21)5-8-16(22-19)13-3-6-15(20)7-4-13/h3-8,10,12H,11H2,1-2H3/p+1. The molecule has 0 atom stereocenters. The Morgan fingerprint density at radius 2 is 2.07 bits per heavy atom. The highest BCUT2D eigenvalue weighted by atomic mass is 35.5. The minimum absolute atomic E-state index is 0.0775. The molecule has 0 bridgehead atoms. The number of pyridine rings is 1. The van der Waals surface area contributed by atoms with Crippen molar-refractivity contribution in [2.45, 2.75) is 24.9 Å². The summed E-state index contributed by atoms with van der Waals surface area (Å²) >= 11 is 7.11. The van der Waals surface area contributed by atoms with Crippen LogP contribution in [-0.2, 0) is 4.79 Å². The Morgan fingerprint density at radius 1 is 1.32 bits per heavy atom. The van der Waals surface area contributed by atoms with Crippen LogP contribution < -0.4 is 10.00 Å². The lowest BCUT2D eigenvalue weighted by Gasteiger charge is -2.06. The molecule has 3 rings (SSSR count). The van der Waals surface area contributed by atoms with Crippen molar-refractivity contribution in [1.82, 2.24) is 10.3 Å². The highest BCUT2D eigenvalue weighted by Crippen LogP contribution is 2.26. The summed E-state index contributed by atoms with van der Waals surface area (Å²) in [5, 5.41) is 16.9. The predicted octanol–water partition coefficient (Wildman–Crippen LogP) is 3.86. The first-order valence-corrected chi connectivity index (χ1v) is 9.80. The molecule has 1 amide bonds. The van der Waals surface area contributed by atoms with Crippen molar-refractivity contribution in [3.8, 4) is 17.3 Å². The van der Waals surface area contributed by atoms with Gasteiger partial charge in [-0.05, 0) is 42.8 Å². The highest BCUT2D eigenvalue weighted by Gasteiger charge is 2.17. The molecule has 28 heavy (non-hydrogen) atoms. The molecule has 0 fully saturated rings. The summed E-state index contributed by atoms with van der Waals surface area (Å²) < 4.78 is 6.68. The molecule has 1 aromatic carbocycles. The number of thioether (sulfide) groups is 1. The van der Waals surface area contributed by atoms with Crippen LogP contribution in [0.15, 0.2) is 52.1 Å². The number of anilines is 1. The van der Waals surface area contributed by atoms with Crippen molar-refractivity contribution in [3.63, 3.8) is 0 Å². The monoisotopic (exact) mass is 414 g/mol. The van der Waals surface area contributed by atoms with Crippen LogP contribution in [0.1, 0.15) is 25.5 Å². The Balaban J connectivity index is 1.70. The van der Waals surface area contributed by atoms with E-state index in [0.717, 1.165) is 5.56 Å². The average molecular weight is 415 g/mol. The van der Waals surface area contributed by atoms with Gasteiger partial charge >= 0.3 is 5.88 Å². The van der Waals surface area contributed by atoms with E-state index in [2.05, 4.69) is 21.6 Å². The molecule has 0 saturated heterocycles. The second-order valence-electron chi connectivity index (χ2n) is 6.14. The minimum Gasteiger partial charge on any atom is -0.288 e. The molecular formula is C19H17ClN5O2S+. The molecule has 2 heterocycles. The molecule has 0 aliphatic carbocycles. The van der Waals surface area contributed by atoms with E-state index in [9.17, 15) is 10.1 Å². The SMILES string of the molecule is CC(C)[n+]1cc(NC(=O)CSc2nc(-c3ccc(Cl)cc3)ccc2C#N)on1. The summed E-state index contributed by atoms with van der Waals surface area (Å²) in [5.74, 6) is 0.0658. The second kappa shape index (κ2) is 8.87. The van der Waals surface area contributed by atoms with Crippen LogP contribution in [0.4, 0.5) is 5.88 Å². The number of halogens is 1. The van der Waals surface area contributed by atoms with Gasteiger partial charge in [0.15, 0.2) is 6.04 Å². The lowest BCUT2D eigenvalue weighted by molar-refractivity contribution is -0.779. The van der Waals surface area contributed by atoms with Gasteiger partial charge in [-0.15, -0.1) is 0 Å². The smallest absolute Gasteiger partial charge is 0.288 e. The van der Waals surface area contributed by atoms with Crippen LogP contribution in [0.3, 0.4) is 0 Å². The molecule has 1 N–H and O–H groups in total. The van der Waals surface area contributed by atoms with Crippen LogP contribution >= 0.6 is 23.4 Å². The minimum atomic E-state index is -0.278. The Morgan fingerprint density at radius 3 is 2.71 bits per heavy atom. The maximum absolute atomic E-state index is 12.2. The number of amides is 1. The number of nitrogens with one attached hydrogen (secondary N) is 1. The predicted molar refractivity (Wildman–Crippen MR) is 106 cm³/mol.